The number of halogens is 1. The zero-order valence-corrected chi connectivity index (χ0v) is 15.0. The molecular formula is C18H20INO2. The third-order valence-corrected chi connectivity index (χ3v) is 4.12. The van der Waals surface area contributed by atoms with Crippen LogP contribution in [0.4, 0.5) is 0 Å². The lowest BCUT2D eigenvalue weighted by Crippen LogP contribution is -2.23. The Morgan fingerprint density at radius 3 is 2.36 bits per heavy atom. The third-order valence-electron chi connectivity index (χ3n) is 3.18. The maximum Gasteiger partial charge on any atom is 0.252 e. The van der Waals surface area contributed by atoms with Crippen LogP contribution in [0.5, 0.6) is 0 Å². The van der Waals surface area contributed by atoms with Gasteiger partial charge in [-0.2, -0.15) is 0 Å². The smallest absolute Gasteiger partial charge is 0.252 e. The van der Waals surface area contributed by atoms with Crippen LogP contribution in [0.1, 0.15) is 35.3 Å². The van der Waals surface area contributed by atoms with E-state index in [-0.39, 0.29) is 12.0 Å². The molecule has 2 aromatic rings. The molecule has 0 radical (unpaired) electrons. The van der Waals surface area contributed by atoms with Crippen molar-refractivity contribution in [2.75, 3.05) is 0 Å². The van der Waals surface area contributed by atoms with Crippen LogP contribution >= 0.6 is 22.6 Å². The van der Waals surface area contributed by atoms with Gasteiger partial charge in [0.2, 0.25) is 0 Å². The fourth-order valence-corrected chi connectivity index (χ4v) is 2.57. The predicted molar refractivity (Wildman–Crippen MR) is 96.7 cm³/mol. The number of carbonyl (C=O) groups excluding carboxylic acids is 1. The second kappa shape index (κ2) is 8.29. The number of hydrogen-bond donors (Lipinski definition) is 1. The molecule has 3 nitrogen and oxygen atoms in total. The van der Waals surface area contributed by atoms with Crippen molar-refractivity contribution in [1.29, 1.82) is 0 Å². The summed E-state index contributed by atoms with van der Waals surface area (Å²) in [6.07, 6.45) is 0.229. The molecule has 116 valence electrons. The minimum absolute atomic E-state index is 0.0442. The first-order valence-electron chi connectivity index (χ1n) is 7.28. The second-order valence-electron chi connectivity index (χ2n) is 5.34. The van der Waals surface area contributed by atoms with Gasteiger partial charge in [-0.15, -0.1) is 0 Å². The lowest BCUT2D eigenvalue weighted by Gasteiger charge is -2.09. The van der Waals surface area contributed by atoms with Gasteiger partial charge in [-0.25, -0.2) is 0 Å². The second-order valence-corrected chi connectivity index (χ2v) is 6.50. The Bertz CT molecular complexity index is 623. The zero-order chi connectivity index (χ0) is 15.9. The van der Waals surface area contributed by atoms with Crippen LogP contribution in [0, 0.1) is 3.57 Å². The van der Waals surface area contributed by atoms with Crippen molar-refractivity contribution in [2.24, 2.45) is 0 Å². The number of amides is 1. The Morgan fingerprint density at radius 1 is 1.09 bits per heavy atom. The molecule has 0 saturated heterocycles. The highest BCUT2D eigenvalue weighted by Crippen LogP contribution is 2.12. The monoisotopic (exact) mass is 409 g/mol. The highest BCUT2D eigenvalue weighted by Gasteiger charge is 2.08. The maximum absolute atomic E-state index is 12.1. The van der Waals surface area contributed by atoms with Gasteiger partial charge in [-0.3, -0.25) is 4.79 Å². The summed E-state index contributed by atoms with van der Waals surface area (Å²) >= 11 is 2.17. The highest BCUT2D eigenvalue weighted by molar-refractivity contribution is 14.1. The Kier molecular flexibility index (Phi) is 6.39. The first-order chi connectivity index (χ1) is 10.6. The Balaban J connectivity index is 1.89. The molecular weight excluding hydrogens is 389 g/mol. The van der Waals surface area contributed by atoms with E-state index in [1.165, 1.54) is 0 Å². The van der Waals surface area contributed by atoms with Gasteiger partial charge < -0.3 is 10.1 Å². The summed E-state index contributed by atoms with van der Waals surface area (Å²) in [6.45, 7) is 5.19. The number of carbonyl (C=O) groups is 1. The summed E-state index contributed by atoms with van der Waals surface area (Å²) in [5, 5.41) is 2.95. The molecule has 1 N–H and O–H groups in total. The van der Waals surface area contributed by atoms with Gasteiger partial charge in [-0.05, 0) is 59.7 Å². The first kappa shape index (κ1) is 17.0. The van der Waals surface area contributed by atoms with Gasteiger partial charge in [0, 0.05) is 10.1 Å². The molecule has 0 fully saturated rings. The van der Waals surface area contributed by atoms with Crippen molar-refractivity contribution in [1.82, 2.24) is 5.32 Å². The quantitative estimate of drug-likeness (QED) is 0.729. The average molecular weight is 409 g/mol. The average Bonchev–Trinajstić information content (AvgIpc) is 2.52. The van der Waals surface area contributed by atoms with E-state index in [0.29, 0.717) is 18.7 Å². The van der Waals surface area contributed by atoms with Crippen molar-refractivity contribution >= 4 is 28.5 Å². The van der Waals surface area contributed by atoms with Gasteiger partial charge in [0.25, 0.3) is 5.91 Å². The van der Waals surface area contributed by atoms with Crippen LogP contribution in [0.3, 0.4) is 0 Å². The molecule has 1 amide bonds. The molecule has 22 heavy (non-hydrogen) atoms. The number of hydrogen-bond acceptors (Lipinski definition) is 2. The topological polar surface area (TPSA) is 38.3 Å². The van der Waals surface area contributed by atoms with Crippen LogP contribution in [-0.4, -0.2) is 12.0 Å². The van der Waals surface area contributed by atoms with E-state index in [1.807, 2.05) is 62.4 Å². The summed E-state index contributed by atoms with van der Waals surface area (Å²) < 4.78 is 6.52. The van der Waals surface area contributed by atoms with E-state index in [0.717, 1.165) is 14.7 Å². The van der Waals surface area contributed by atoms with Crippen molar-refractivity contribution in [3.63, 3.8) is 0 Å². The molecule has 0 unspecified atom stereocenters. The van der Waals surface area contributed by atoms with Crippen molar-refractivity contribution in [3.05, 3.63) is 68.8 Å². The molecule has 0 aliphatic heterocycles. The molecule has 4 heteroatoms. The van der Waals surface area contributed by atoms with Crippen LogP contribution in [0.2, 0.25) is 0 Å². The van der Waals surface area contributed by atoms with Crippen molar-refractivity contribution in [2.45, 2.75) is 33.1 Å². The molecule has 0 bridgehead atoms. The van der Waals surface area contributed by atoms with E-state index in [9.17, 15) is 4.79 Å². The number of nitrogens with one attached hydrogen (secondary N) is 1. The minimum Gasteiger partial charge on any atom is -0.374 e. The standard InChI is InChI=1S/C18H20INO2/c1-13(2)22-12-15-9-7-14(8-10-15)11-20-18(21)16-5-3-4-6-17(16)19/h3-10,13H,11-12H2,1-2H3,(H,20,21). The summed E-state index contributed by atoms with van der Waals surface area (Å²) in [7, 11) is 0. The summed E-state index contributed by atoms with van der Waals surface area (Å²) in [5.74, 6) is -0.0442. The lowest BCUT2D eigenvalue weighted by molar-refractivity contribution is 0.0657. The normalized spacial score (nSPS) is 10.7. The van der Waals surface area contributed by atoms with Crippen molar-refractivity contribution in [3.8, 4) is 0 Å². The number of benzene rings is 2. The summed E-state index contributed by atoms with van der Waals surface area (Å²) in [6, 6.07) is 15.7. The summed E-state index contributed by atoms with van der Waals surface area (Å²) in [5.41, 5.74) is 2.93. The molecule has 0 aliphatic rings. The molecule has 0 spiro atoms. The largest absolute Gasteiger partial charge is 0.374 e. The van der Waals surface area contributed by atoms with E-state index >= 15 is 0 Å². The molecule has 0 aliphatic carbocycles. The SMILES string of the molecule is CC(C)OCc1ccc(CNC(=O)c2ccccc2I)cc1. The van der Waals surface area contributed by atoms with Gasteiger partial charge in [-0.1, -0.05) is 36.4 Å². The van der Waals surface area contributed by atoms with Crippen molar-refractivity contribution < 1.29 is 9.53 Å². The zero-order valence-electron chi connectivity index (χ0n) is 12.8. The van der Waals surface area contributed by atoms with Gasteiger partial charge in [0.1, 0.15) is 0 Å². The minimum atomic E-state index is -0.0442. The van der Waals surface area contributed by atoms with Crippen LogP contribution in [0.25, 0.3) is 0 Å². The fourth-order valence-electron chi connectivity index (χ4n) is 1.94. The van der Waals surface area contributed by atoms with E-state index in [2.05, 4.69) is 27.9 Å². The third kappa shape index (κ3) is 5.10. The molecule has 0 heterocycles. The van der Waals surface area contributed by atoms with Gasteiger partial charge in [0.15, 0.2) is 0 Å². The molecule has 2 aromatic carbocycles. The molecule has 0 saturated carbocycles. The van der Waals surface area contributed by atoms with Gasteiger partial charge in [0.05, 0.1) is 18.3 Å². The lowest BCUT2D eigenvalue weighted by atomic mass is 10.1. The Hall–Kier alpha value is -1.40. The number of ether oxygens (including phenoxy) is 1. The number of rotatable bonds is 6. The highest BCUT2D eigenvalue weighted by atomic mass is 127. The fraction of sp³-hybridized carbons (Fsp3) is 0.278. The molecule has 0 atom stereocenters. The van der Waals surface area contributed by atoms with E-state index in [1.54, 1.807) is 0 Å². The maximum atomic E-state index is 12.1. The first-order valence-corrected chi connectivity index (χ1v) is 8.36. The Labute approximate surface area is 145 Å². The van der Waals surface area contributed by atoms with Crippen LogP contribution in [-0.2, 0) is 17.9 Å². The van der Waals surface area contributed by atoms with E-state index < -0.39 is 0 Å². The van der Waals surface area contributed by atoms with Crippen LogP contribution in [0.15, 0.2) is 48.5 Å². The summed E-state index contributed by atoms with van der Waals surface area (Å²) in [4.78, 5) is 12.1. The molecule has 2 rings (SSSR count). The van der Waals surface area contributed by atoms with Crippen LogP contribution < -0.4 is 5.32 Å². The molecule has 0 aromatic heterocycles. The van der Waals surface area contributed by atoms with E-state index in [4.69, 9.17) is 4.74 Å². The van der Waals surface area contributed by atoms with Gasteiger partial charge >= 0.3 is 0 Å². The Morgan fingerprint density at radius 2 is 1.73 bits per heavy atom. The predicted octanol–water partition coefficient (Wildman–Crippen LogP) is 4.15.